The molecule has 18 heavy (non-hydrogen) atoms. The number of allylic oxidation sites excluding steroid dienone is 2. The lowest BCUT2D eigenvalue weighted by Gasteiger charge is -2.15. The van der Waals surface area contributed by atoms with Gasteiger partial charge < -0.3 is 4.74 Å². The molecule has 1 heterocycles. The highest BCUT2D eigenvalue weighted by Gasteiger charge is 2.60. The molecule has 4 atom stereocenters. The molecular weight excluding hydrogens is 238 g/mol. The second-order valence-electron chi connectivity index (χ2n) is 4.82. The van der Waals surface area contributed by atoms with Crippen molar-refractivity contribution in [3.8, 4) is 0 Å². The Kier molecular flexibility index (Phi) is 2.48. The zero-order valence-corrected chi connectivity index (χ0v) is 9.87. The molecule has 0 unspecified atom stereocenters. The summed E-state index contributed by atoms with van der Waals surface area (Å²) in [5.74, 6) is -1.59. The maximum atomic E-state index is 12.1. The van der Waals surface area contributed by atoms with Crippen LogP contribution < -0.4 is 0 Å². The van der Waals surface area contributed by atoms with Crippen molar-refractivity contribution in [2.24, 2.45) is 23.7 Å². The van der Waals surface area contributed by atoms with Gasteiger partial charge in [0, 0.05) is 0 Å². The van der Waals surface area contributed by atoms with Crippen LogP contribution in [0.3, 0.4) is 0 Å². The Morgan fingerprint density at radius 3 is 2.33 bits per heavy atom. The molecule has 2 aliphatic carbocycles. The van der Waals surface area contributed by atoms with Crippen molar-refractivity contribution in [1.82, 2.24) is 5.06 Å². The lowest BCUT2D eigenvalue weighted by Crippen LogP contribution is -2.35. The third-order valence-corrected chi connectivity index (χ3v) is 3.97. The van der Waals surface area contributed by atoms with E-state index in [1.807, 2.05) is 12.2 Å². The number of hydroxylamine groups is 2. The number of imide groups is 1. The smallest absolute Gasteiger partial charge is 0.334 e. The second kappa shape index (κ2) is 3.91. The van der Waals surface area contributed by atoms with Crippen LogP contribution in [0.2, 0.25) is 0 Å². The summed E-state index contributed by atoms with van der Waals surface area (Å²) in [7, 11) is 1.22. The number of carbonyl (C=O) groups excluding carboxylic acids is 3. The largest absolute Gasteiger partial charge is 0.467 e. The van der Waals surface area contributed by atoms with Crippen molar-refractivity contribution in [1.29, 1.82) is 0 Å². The van der Waals surface area contributed by atoms with Gasteiger partial charge in [0.2, 0.25) is 0 Å². The number of rotatable bonds is 3. The first kappa shape index (κ1) is 11.4. The maximum absolute atomic E-state index is 12.1. The topological polar surface area (TPSA) is 72.9 Å². The fourth-order valence-corrected chi connectivity index (χ4v) is 3.18. The molecule has 6 nitrogen and oxygen atoms in total. The Labute approximate surface area is 103 Å². The summed E-state index contributed by atoms with van der Waals surface area (Å²) in [6, 6.07) is 0. The SMILES string of the molecule is COC(=O)CON1C(=O)[C@@H]2[C@H](C1=O)[C@@H]1C=C[C@H]2C1. The van der Waals surface area contributed by atoms with Crippen LogP contribution in [0, 0.1) is 23.7 Å². The van der Waals surface area contributed by atoms with Gasteiger partial charge in [-0.3, -0.25) is 14.4 Å². The molecule has 3 rings (SSSR count). The van der Waals surface area contributed by atoms with Gasteiger partial charge in [0.15, 0.2) is 6.61 Å². The minimum atomic E-state index is -0.617. The van der Waals surface area contributed by atoms with E-state index in [4.69, 9.17) is 4.84 Å². The van der Waals surface area contributed by atoms with Crippen LogP contribution in [-0.2, 0) is 24.0 Å². The fraction of sp³-hybridized carbons (Fsp3) is 0.583. The summed E-state index contributed by atoms with van der Waals surface area (Å²) in [5, 5.41) is 0.748. The highest BCUT2D eigenvalue weighted by Crippen LogP contribution is 2.52. The van der Waals surface area contributed by atoms with Crippen LogP contribution in [0.1, 0.15) is 6.42 Å². The summed E-state index contributed by atoms with van der Waals surface area (Å²) in [6.07, 6.45) is 4.87. The van der Waals surface area contributed by atoms with Gasteiger partial charge in [-0.2, -0.15) is 5.06 Å². The molecule has 3 aliphatic rings. The third-order valence-electron chi connectivity index (χ3n) is 3.97. The maximum Gasteiger partial charge on any atom is 0.334 e. The molecule has 0 N–H and O–H groups in total. The first-order valence-corrected chi connectivity index (χ1v) is 5.89. The van der Waals surface area contributed by atoms with Gasteiger partial charge in [0.1, 0.15) is 0 Å². The summed E-state index contributed by atoms with van der Waals surface area (Å²) < 4.78 is 4.40. The van der Waals surface area contributed by atoms with E-state index in [1.165, 1.54) is 7.11 Å². The minimum absolute atomic E-state index is 0.142. The van der Waals surface area contributed by atoms with E-state index in [9.17, 15) is 14.4 Å². The number of nitrogens with zero attached hydrogens (tertiary/aromatic N) is 1. The summed E-state index contributed by atoms with van der Waals surface area (Å²) in [6.45, 7) is -0.420. The van der Waals surface area contributed by atoms with Gasteiger partial charge in [-0.05, 0) is 18.3 Å². The number of amides is 2. The normalized spacial score (nSPS) is 36.4. The molecule has 2 bridgehead atoms. The van der Waals surface area contributed by atoms with E-state index in [0.717, 1.165) is 11.5 Å². The van der Waals surface area contributed by atoms with Gasteiger partial charge in [0.25, 0.3) is 11.8 Å². The van der Waals surface area contributed by atoms with Crippen LogP contribution >= 0.6 is 0 Å². The standard InChI is InChI=1S/C12H13NO5/c1-17-8(14)5-18-13-11(15)9-6-2-3-7(4-6)10(9)12(13)16/h2-3,6-7,9-10H,4-5H2,1H3/t6-,7+,9-,10+. The van der Waals surface area contributed by atoms with Gasteiger partial charge in [-0.15, -0.1) is 0 Å². The van der Waals surface area contributed by atoms with E-state index in [1.54, 1.807) is 0 Å². The first-order valence-electron chi connectivity index (χ1n) is 5.89. The zero-order chi connectivity index (χ0) is 12.9. The molecular formula is C12H13NO5. The van der Waals surface area contributed by atoms with Crippen molar-refractivity contribution in [2.75, 3.05) is 13.7 Å². The van der Waals surface area contributed by atoms with Crippen LogP contribution in [0.4, 0.5) is 0 Å². The predicted octanol–water partition coefficient (Wildman–Crippen LogP) is -0.102. The Bertz CT molecular complexity index is 427. The number of ether oxygens (including phenoxy) is 1. The number of carbonyl (C=O) groups is 3. The van der Waals surface area contributed by atoms with Gasteiger partial charge >= 0.3 is 5.97 Å². The molecule has 0 radical (unpaired) electrons. The van der Waals surface area contributed by atoms with Crippen molar-refractivity contribution in [3.63, 3.8) is 0 Å². The van der Waals surface area contributed by atoms with E-state index >= 15 is 0 Å². The molecule has 0 aromatic rings. The number of methoxy groups -OCH3 is 1. The number of hydrogen-bond acceptors (Lipinski definition) is 5. The molecule has 1 saturated heterocycles. The average molecular weight is 251 g/mol. The molecule has 6 heteroatoms. The molecule has 2 fully saturated rings. The van der Waals surface area contributed by atoms with Crippen molar-refractivity contribution >= 4 is 17.8 Å². The van der Waals surface area contributed by atoms with Gasteiger partial charge in [-0.1, -0.05) is 12.2 Å². The van der Waals surface area contributed by atoms with E-state index in [2.05, 4.69) is 4.74 Å². The van der Waals surface area contributed by atoms with Crippen LogP contribution in [0.15, 0.2) is 12.2 Å². The molecule has 0 spiro atoms. The lowest BCUT2D eigenvalue weighted by atomic mass is 9.85. The molecule has 0 aromatic carbocycles. The van der Waals surface area contributed by atoms with Crippen LogP contribution in [0.5, 0.6) is 0 Å². The van der Waals surface area contributed by atoms with E-state index in [-0.39, 0.29) is 35.5 Å². The molecule has 1 saturated carbocycles. The number of fused-ring (bicyclic) bond motifs is 5. The Morgan fingerprint density at radius 1 is 1.28 bits per heavy atom. The van der Waals surface area contributed by atoms with E-state index < -0.39 is 12.6 Å². The van der Waals surface area contributed by atoms with Crippen LogP contribution in [-0.4, -0.2) is 36.6 Å². The van der Waals surface area contributed by atoms with Gasteiger partial charge in [0.05, 0.1) is 18.9 Å². The third kappa shape index (κ3) is 1.42. The highest BCUT2D eigenvalue weighted by molar-refractivity contribution is 6.05. The monoisotopic (exact) mass is 251 g/mol. The molecule has 96 valence electrons. The number of esters is 1. The fourth-order valence-electron chi connectivity index (χ4n) is 3.18. The summed E-state index contributed by atoms with van der Waals surface area (Å²) in [5.41, 5.74) is 0. The Morgan fingerprint density at radius 2 is 1.83 bits per heavy atom. The number of hydrogen-bond donors (Lipinski definition) is 0. The lowest BCUT2D eigenvalue weighted by molar-refractivity contribution is -0.195. The molecule has 2 amide bonds. The average Bonchev–Trinajstić information content (AvgIpc) is 3.02. The highest BCUT2D eigenvalue weighted by atomic mass is 16.7. The molecule has 0 aromatic heterocycles. The Hall–Kier alpha value is -1.69. The second-order valence-corrected chi connectivity index (χ2v) is 4.82. The quantitative estimate of drug-likeness (QED) is 0.398. The predicted molar refractivity (Wildman–Crippen MR) is 57.5 cm³/mol. The zero-order valence-electron chi connectivity index (χ0n) is 9.87. The van der Waals surface area contributed by atoms with Crippen molar-refractivity contribution < 1.29 is 24.0 Å². The van der Waals surface area contributed by atoms with Gasteiger partial charge in [-0.25, -0.2) is 4.79 Å². The first-order chi connectivity index (χ1) is 8.63. The summed E-state index contributed by atoms with van der Waals surface area (Å²) in [4.78, 5) is 40.1. The van der Waals surface area contributed by atoms with E-state index in [0.29, 0.717) is 0 Å². The Balaban J connectivity index is 1.74. The minimum Gasteiger partial charge on any atom is -0.467 e. The van der Waals surface area contributed by atoms with Crippen molar-refractivity contribution in [2.45, 2.75) is 6.42 Å². The summed E-state index contributed by atoms with van der Waals surface area (Å²) >= 11 is 0. The van der Waals surface area contributed by atoms with Crippen LogP contribution in [0.25, 0.3) is 0 Å². The molecule has 1 aliphatic heterocycles. The van der Waals surface area contributed by atoms with Crippen molar-refractivity contribution in [3.05, 3.63) is 12.2 Å².